The van der Waals surface area contributed by atoms with Crippen LogP contribution in [0, 0.1) is 5.82 Å². The van der Waals surface area contributed by atoms with E-state index in [1.54, 1.807) is 30.5 Å². The van der Waals surface area contributed by atoms with E-state index in [1.165, 1.54) is 6.07 Å². The van der Waals surface area contributed by atoms with Crippen LogP contribution in [0.25, 0.3) is 0 Å². The Labute approximate surface area is 135 Å². The molecule has 5 nitrogen and oxygen atoms in total. The Morgan fingerprint density at radius 1 is 1.52 bits per heavy atom. The number of halogens is 1. The van der Waals surface area contributed by atoms with Gasteiger partial charge >= 0.3 is 6.03 Å². The lowest BCUT2D eigenvalue weighted by atomic mass is 10.1. The number of nitrogens with zero attached hydrogens (tertiary/aromatic N) is 3. The van der Waals surface area contributed by atoms with Crippen LogP contribution in [0.4, 0.5) is 9.18 Å². The van der Waals surface area contributed by atoms with Crippen LogP contribution in [0.5, 0.6) is 0 Å². The fourth-order valence-electron chi connectivity index (χ4n) is 3.03. The maximum atomic E-state index is 13.7. The van der Waals surface area contributed by atoms with Gasteiger partial charge in [-0.2, -0.15) is 0 Å². The molecule has 122 valence electrons. The van der Waals surface area contributed by atoms with E-state index in [1.807, 2.05) is 16.8 Å². The molecular weight excluding hydrogens is 295 g/mol. The van der Waals surface area contributed by atoms with Gasteiger partial charge in [0.15, 0.2) is 0 Å². The van der Waals surface area contributed by atoms with Crippen LogP contribution in [0.1, 0.15) is 30.0 Å². The van der Waals surface area contributed by atoms with Crippen molar-refractivity contribution < 1.29 is 9.18 Å². The molecule has 1 aliphatic rings. The number of nitrogens with one attached hydrogen (secondary N) is 1. The highest BCUT2D eigenvalue weighted by Gasteiger charge is 2.26. The third kappa shape index (κ3) is 3.52. The molecule has 0 bridgehead atoms. The lowest BCUT2D eigenvalue weighted by Gasteiger charge is -2.21. The van der Waals surface area contributed by atoms with Gasteiger partial charge < -0.3 is 14.8 Å². The van der Waals surface area contributed by atoms with Gasteiger partial charge in [0, 0.05) is 32.5 Å². The van der Waals surface area contributed by atoms with Crippen molar-refractivity contribution in [3.8, 4) is 0 Å². The van der Waals surface area contributed by atoms with Crippen molar-refractivity contribution in [3.63, 3.8) is 0 Å². The third-order valence-corrected chi connectivity index (χ3v) is 4.33. The molecule has 1 N–H and O–H groups in total. The first-order valence-corrected chi connectivity index (χ1v) is 7.90. The number of aryl methyl sites for hydroxylation is 1. The second-order valence-corrected chi connectivity index (χ2v) is 5.92. The summed E-state index contributed by atoms with van der Waals surface area (Å²) in [6.45, 7) is 1.49. The Morgan fingerprint density at radius 2 is 2.39 bits per heavy atom. The molecule has 0 saturated carbocycles. The van der Waals surface area contributed by atoms with Gasteiger partial charge in [0.05, 0.1) is 12.4 Å². The zero-order valence-corrected chi connectivity index (χ0v) is 13.2. The summed E-state index contributed by atoms with van der Waals surface area (Å²) in [6.07, 6.45) is 7.71. The quantitative estimate of drug-likeness (QED) is 0.922. The molecule has 1 aromatic heterocycles. The van der Waals surface area contributed by atoms with Crippen LogP contribution in [0.15, 0.2) is 36.9 Å². The van der Waals surface area contributed by atoms with Crippen molar-refractivity contribution in [3.05, 3.63) is 53.9 Å². The van der Waals surface area contributed by atoms with E-state index in [0.29, 0.717) is 13.0 Å². The summed E-state index contributed by atoms with van der Waals surface area (Å²) in [7, 11) is 1.78. The molecule has 6 heteroatoms. The van der Waals surface area contributed by atoms with Crippen LogP contribution in [0.3, 0.4) is 0 Å². The van der Waals surface area contributed by atoms with E-state index in [9.17, 15) is 9.18 Å². The molecule has 1 heterocycles. The Kier molecular flexibility index (Phi) is 4.60. The average molecular weight is 316 g/mol. The third-order valence-electron chi connectivity index (χ3n) is 4.33. The predicted octanol–water partition coefficient (Wildman–Crippen LogP) is 2.74. The van der Waals surface area contributed by atoms with Crippen molar-refractivity contribution in [1.29, 1.82) is 0 Å². The second kappa shape index (κ2) is 6.81. The van der Waals surface area contributed by atoms with Gasteiger partial charge in [-0.1, -0.05) is 12.1 Å². The highest BCUT2D eigenvalue weighted by molar-refractivity contribution is 5.74. The second-order valence-electron chi connectivity index (χ2n) is 5.92. The van der Waals surface area contributed by atoms with Gasteiger partial charge in [0.1, 0.15) is 5.82 Å². The van der Waals surface area contributed by atoms with Gasteiger partial charge in [-0.05, 0) is 36.5 Å². The Morgan fingerprint density at radius 3 is 3.17 bits per heavy atom. The zero-order chi connectivity index (χ0) is 16.2. The van der Waals surface area contributed by atoms with Gasteiger partial charge in [-0.3, -0.25) is 0 Å². The molecule has 23 heavy (non-hydrogen) atoms. The number of rotatable bonds is 5. The molecule has 2 aromatic rings. The summed E-state index contributed by atoms with van der Waals surface area (Å²) >= 11 is 0. The molecule has 0 fully saturated rings. The first kappa shape index (κ1) is 15.5. The monoisotopic (exact) mass is 316 g/mol. The van der Waals surface area contributed by atoms with Gasteiger partial charge in [0.25, 0.3) is 0 Å². The summed E-state index contributed by atoms with van der Waals surface area (Å²) in [5.74, 6) is -0.173. The van der Waals surface area contributed by atoms with Gasteiger partial charge in [-0.25, -0.2) is 14.2 Å². The minimum absolute atomic E-state index is 0.0932. The number of carbonyl (C=O) groups excluding carboxylic acids is 1. The van der Waals surface area contributed by atoms with Gasteiger partial charge in [0.2, 0.25) is 0 Å². The normalized spacial score (nSPS) is 16.2. The largest absolute Gasteiger partial charge is 0.337 e. The number of benzene rings is 1. The van der Waals surface area contributed by atoms with Crippen molar-refractivity contribution in [2.24, 2.45) is 0 Å². The smallest absolute Gasteiger partial charge is 0.317 e. The number of hydrogen-bond acceptors (Lipinski definition) is 2. The molecule has 2 amide bonds. The van der Waals surface area contributed by atoms with E-state index in [2.05, 4.69) is 10.3 Å². The molecule has 0 saturated heterocycles. The summed E-state index contributed by atoms with van der Waals surface area (Å²) in [6, 6.07) is 4.87. The predicted molar refractivity (Wildman–Crippen MR) is 85.5 cm³/mol. The van der Waals surface area contributed by atoms with Crippen molar-refractivity contribution >= 4 is 6.03 Å². The van der Waals surface area contributed by atoms with Gasteiger partial charge in [-0.15, -0.1) is 0 Å². The van der Waals surface area contributed by atoms with E-state index in [-0.39, 0.29) is 17.9 Å². The van der Waals surface area contributed by atoms with Crippen LogP contribution in [0.2, 0.25) is 0 Å². The molecule has 0 radical (unpaired) electrons. The van der Waals surface area contributed by atoms with Crippen LogP contribution >= 0.6 is 0 Å². The van der Waals surface area contributed by atoms with E-state index >= 15 is 0 Å². The summed E-state index contributed by atoms with van der Waals surface area (Å²) < 4.78 is 15.7. The van der Waals surface area contributed by atoms with Crippen molar-refractivity contribution in [2.75, 3.05) is 13.6 Å². The van der Waals surface area contributed by atoms with Crippen LogP contribution in [-0.4, -0.2) is 34.1 Å². The first-order valence-electron chi connectivity index (χ1n) is 7.90. The number of imidazole rings is 1. The minimum atomic E-state index is -0.173. The summed E-state index contributed by atoms with van der Waals surface area (Å²) in [5, 5.41) is 3.01. The minimum Gasteiger partial charge on any atom is -0.337 e. The molecule has 0 spiro atoms. The SMILES string of the molecule is CN(CCCn1ccnc1)C(=O)NC1CCc2c(F)cccc21. The first-order chi connectivity index (χ1) is 11.1. The fourth-order valence-corrected chi connectivity index (χ4v) is 3.03. The molecular formula is C17H21FN4O. The fraction of sp³-hybridized carbons (Fsp3) is 0.412. The Hall–Kier alpha value is -2.37. The number of hydrogen-bond donors (Lipinski definition) is 1. The number of aromatic nitrogens is 2. The molecule has 1 unspecified atom stereocenters. The molecule has 1 aliphatic carbocycles. The van der Waals surface area contributed by atoms with E-state index in [0.717, 1.165) is 30.5 Å². The molecule has 1 aromatic carbocycles. The number of fused-ring (bicyclic) bond motifs is 1. The van der Waals surface area contributed by atoms with Crippen molar-refractivity contribution in [2.45, 2.75) is 31.8 Å². The number of carbonyl (C=O) groups is 1. The van der Waals surface area contributed by atoms with Crippen LogP contribution < -0.4 is 5.32 Å². The zero-order valence-electron chi connectivity index (χ0n) is 13.2. The number of urea groups is 1. The highest BCUT2D eigenvalue weighted by Crippen LogP contribution is 2.32. The van der Waals surface area contributed by atoms with E-state index < -0.39 is 0 Å². The number of amides is 2. The summed E-state index contributed by atoms with van der Waals surface area (Å²) in [5.41, 5.74) is 1.64. The highest BCUT2D eigenvalue weighted by atomic mass is 19.1. The standard InChI is InChI=1S/C17H21FN4O/c1-21(9-3-10-22-11-8-19-12-22)17(23)20-16-7-6-13-14(16)4-2-5-15(13)18/h2,4-5,8,11-12,16H,3,6-7,9-10H2,1H3,(H,20,23). The Bertz CT molecular complexity index is 671. The summed E-state index contributed by atoms with van der Waals surface area (Å²) in [4.78, 5) is 18.0. The Balaban J connectivity index is 1.50. The lowest BCUT2D eigenvalue weighted by molar-refractivity contribution is 0.203. The average Bonchev–Trinajstić information content (AvgIpc) is 3.18. The molecule has 3 rings (SSSR count). The lowest BCUT2D eigenvalue weighted by Crippen LogP contribution is -2.39. The van der Waals surface area contributed by atoms with Crippen molar-refractivity contribution in [1.82, 2.24) is 19.8 Å². The topological polar surface area (TPSA) is 50.2 Å². The van der Waals surface area contributed by atoms with Crippen LogP contribution in [-0.2, 0) is 13.0 Å². The molecule has 0 aliphatic heterocycles. The maximum absolute atomic E-state index is 13.7. The van der Waals surface area contributed by atoms with E-state index in [4.69, 9.17) is 0 Å². The molecule has 1 atom stereocenters. The maximum Gasteiger partial charge on any atom is 0.317 e.